The number of nitrogens with two attached hydrogens (primary N) is 1. The Balaban J connectivity index is 2.31. The molecule has 0 amide bonds. The van der Waals surface area contributed by atoms with E-state index in [1.165, 1.54) is 16.1 Å². The van der Waals surface area contributed by atoms with Gasteiger partial charge in [-0.05, 0) is 54.0 Å². The number of hydrogen-bond donors (Lipinski definition) is 1. The number of hydrogen-bond acceptors (Lipinski definition) is 3. The van der Waals surface area contributed by atoms with Crippen molar-refractivity contribution in [1.82, 2.24) is 0 Å². The molecule has 0 aliphatic carbocycles. The molecule has 19 heavy (non-hydrogen) atoms. The number of benzene rings is 1. The van der Waals surface area contributed by atoms with Crippen LogP contribution in [0.2, 0.25) is 0 Å². The van der Waals surface area contributed by atoms with E-state index < -0.39 is 0 Å². The second-order valence-corrected chi connectivity index (χ2v) is 7.01. The SMILES string of the molecule is CCN(c1ccc(C)cc1)C(CN)c1ccc(Br)s1. The van der Waals surface area contributed by atoms with E-state index in [1.54, 1.807) is 11.3 Å². The first-order chi connectivity index (χ1) is 9.15. The number of anilines is 1. The Labute approximate surface area is 127 Å². The summed E-state index contributed by atoms with van der Waals surface area (Å²) in [5.41, 5.74) is 8.52. The summed E-state index contributed by atoms with van der Waals surface area (Å²) in [6.07, 6.45) is 0. The van der Waals surface area contributed by atoms with Crippen molar-refractivity contribution >= 4 is 33.0 Å². The molecule has 1 atom stereocenters. The van der Waals surface area contributed by atoms with Crippen LogP contribution in [0.4, 0.5) is 5.69 Å². The summed E-state index contributed by atoms with van der Waals surface area (Å²) < 4.78 is 1.15. The van der Waals surface area contributed by atoms with Crippen LogP contribution in [-0.4, -0.2) is 13.1 Å². The van der Waals surface area contributed by atoms with Crippen molar-refractivity contribution in [2.24, 2.45) is 5.73 Å². The number of aryl methyl sites for hydroxylation is 1. The maximum Gasteiger partial charge on any atom is 0.0757 e. The molecule has 0 aliphatic rings. The minimum atomic E-state index is 0.240. The highest BCUT2D eigenvalue weighted by atomic mass is 79.9. The molecule has 0 spiro atoms. The van der Waals surface area contributed by atoms with E-state index in [-0.39, 0.29) is 6.04 Å². The summed E-state index contributed by atoms with van der Waals surface area (Å²) in [7, 11) is 0. The highest BCUT2D eigenvalue weighted by Crippen LogP contribution is 2.33. The van der Waals surface area contributed by atoms with Crippen molar-refractivity contribution in [2.45, 2.75) is 19.9 Å². The van der Waals surface area contributed by atoms with Gasteiger partial charge in [-0.3, -0.25) is 0 Å². The first-order valence-corrected chi connectivity index (χ1v) is 8.05. The average Bonchev–Trinajstić information content (AvgIpc) is 2.83. The Morgan fingerprint density at radius 3 is 2.37 bits per heavy atom. The molecular weight excluding hydrogens is 320 g/mol. The third-order valence-electron chi connectivity index (χ3n) is 3.23. The summed E-state index contributed by atoms with van der Waals surface area (Å²) in [6.45, 7) is 5.84. The quantitative estimate of drug-likeness (QED) is 0.878. The van der Waals surface area contributed by atoms with Crippen LogP contribution in [0, 0.1) is 6.92 Å². The van der Waals surface area contributed by atoms with Crippen LogP contribution < -0.4 is 10.6 Å². The smallest absolute Gasteiger partial charge is 0.0757 e. The molecule has 0 bridgehead atoms. The topological polar surface area (TPSA) is 29.3 Å². The molecule has 102 valence electrons. The molecule has 0 saturated heterocycles. The molecule has 2 N–H and O–H groups in total. The van der Waals surface area contributed by atoms with E-state index in [4.69, 9.17) is 5.73 Å². The third kappa shape index (κ3) is 3.38. The molecule has 2 nitrogen and oxygen atoms in total. The summed E-state index contributed by atoms with van der Waals surface area (Å²) >= 11 is 5.28. The van der Waals surface area contributed by atoms with Crippen LogP contribution in [-0.2, 0) is 0 Å². The normalized spacial score (nSPS) is 12.4. The van der Waals surface area contributed by atoms with Gasteiger partial charge in [0.1, 0.15) is 0 Å². The number of nitrogens with zero attached hydrogens (tertiary/aromatic N) is 1. The zero-order valence-electron chi connectivity index (χ0n) is 11.3. The van der Waals surface area contributed by atoms with Gasteiger partial charge in [0, 0.05) is 23.7 Å². The number of thiophene rings is 1. The van der Waals surface area contributed by atoms with Gasteiger partial charge >= 0.3 is 0 Å². The Bertz CT molecular complexity index is 521. The molecule has 0 fully saturated rings. The van der Waals surface area contributed by atoms with E-state index in [0.29, 0.717) is 6.54 Å². The molecular formula is C15H19BrN2S. The van der Waals surface area contributed by atoms with Crippen LogP contribution in [0.25, 0.3) is 0 Å². The van der Waals surface area contributed by atoms with Crippen LogP contribution in [0.1, 0.15) is 23.4 Å². The van der Waals surface area contributed by atoms with E-state index in [1.807, 2.05) is 0 Å². The molecule has 0 aliphatic heterocycles. The van der Waals surface area contributed by atoms with Gasteiger partial charge < -0.3 is 10.6 Å². The highest BCUT2D eigenvalue weighted by Gasteiger charge is 2.19. The number of likely N-dealkylation sites (N-methyl/N-ethyl adjacent to an activating group) is 1. The number of halogens is 1. The standard InChI is InChI=1S/C15H19BrN2S/c1-3-18(12-6-4-11(2)5-7-12)13(10-17)14-8-9-15(16)19-14/h4-9,13H,3,10,17H2,1-2H3. The highest BCUT2D eigenvalue weighted by molar-refractivity contribution is 9.11. The van der Waals surface area contributed by atoms with Gasteiger partial charge in [0.05, 0.1) is 9.83 Å². The maximum atomic E-state index is 6.01. The van der Waals surface area contributed by atoms with Crippen LogP contribution in [0.15, 0.2) is 40.2 Å². The second kappa shape index (κ2) is 6.55. The third-order valence-corrected chi connectivity index (χ3v) is 4.95. The lowest BCUT2D eigenvalue weighted by Gasteiger charge is -2.31. The Kier molecular flexibility index (Phi) is 5.02. The summed E-state index contributed by atoms with van der Waals surface area (Å²) in [5, 5.41) is 0. The van der Waals surface area contributed by atoms with E-state index in [0.717, 1.165) is 10.3 Å². The zero-order valence-corrected chi connectivity index (χ0v) is 13.7. The first kappa shape index (κ1) is 14.6. The number of rotatable bonds is 5. The van der Waals surface area contributed by atoms with Crippen molar-refractivity contribution in [3.8, 4) is 0 Å². The van der Waals surface area contributed by atoms with Gasteiger partial charge in [-0.1, -0.05) is 17.7 Å². The second-order valence-electron chi connectivity index (χ2n) is 4.51. The molecule has 2 aromatic rings. The first-order valence-electron chi connectivity index (χ1n) is 6.44. The molecule has 1 unspecified atom stereocenters. The lowest BCUT2D eigenvalue weighted by atomic mass is 10.1. The van der Waals surface area contributed by atoms with Crippen LogP contribution in [0.5, 0.6) is 0 Å². The average molecular weight is 339 g/mol. The summed E-state index contributed by atoms with van der Waals surface area (Å²) in [4.78, 5) is 3.66. The molecule has 0 saturated carbocycles. The molecule has 1 heterocycles. The van der Waals surface area contributed by atoms with Crippen molar-refractivity contribution in [3.63, 3.8) is 0 Å². The molecule has 0 radical (unpaired) electrons. The van der Waals surface area contributed by atoms with Crippen LogP contribution in [0.3, 0.4) is 0 Å². The van der Waals surface area contributed by atoms with Gasteiger partial charge in [0.25, 0.3) is 0 Å². The van der Waals surface area contributed by atoms with Crippen molar-refractivity contribution < 1.29 is 0 Å². The predicted molar refractivity (Wildman–Crippen MR) is 88.0 cm³/mol. The van der Waals surface area contributed by atoms with Crippen molar-refractivity contribution in [2.75, 3.05) is 18.0 Å². The molecule has 1 aromatic heterocycles. The van der Waals surface area contributed by atoms with Crippen LogP contribution >= 0.6 is 27.3 Å². The fourth-order valence-electron chi connectivity index (χ4n) is 2.22. The van der Waals surface area contributed by atoms with Crippen molar-refractivity contribution in [3.05, 3.63) is 50.6 Å². The van der Waals surface area contributed by atoms with Gasteiger partial charge in [0.2, 0.25) is 0 Å². The fraction of sp³-hybridized carbons (Fsp3) is 0.333. The van der Waals surface area contributed by atoms with E-state index in [9.17, 15) is 0 Å². The van der Waals surface area contributed by atoms with Crippen molar-refractivity contribution in [1.29, 1.82) is 0 Å². The predicted octanol–water partition coefficient (Wildman–Crippen LogP) is 4.35. The fourth-order valence-corrected chi connectivity index (χ4v) is 3.77. The van der Waals surface area contributed by atoms with E-state index in [2.05, 4.69) is 71.1 Å². The summed E-state index contributed by atoms with van der Waals surface area (Å²) in [6, 6.07) is 13.1. The molecule has 2 rings (SSSR count). The summed E-state index contributed by atoms with van der Waals surface area (Å²) in [5.74, 6) is 0. The molecule has 1 aromatic carbocycles. The van der Waals surface area contributed by atoms with Gasteiger partial charge in [0.15, 0.2) is 0 Å². The largest absolute Gasteiger partial charge is 0.363 e. The lowest BCUT2D eigenvalue weighted by molar-refractivity contribution is 0.653. The minimum Gasteiger partial charge on any atom is -0.363 e. The lowest BCUT2D eigenvalue weighted by Crippen LogP contribution is -2.33. The molecule has 4 heteroatoms. The van der Waals surface area contributed by atoms with Gasteiger partial charge in [-0.15, -0.1) is 11.3 Å². The monoisotopic (exact) mass is 338 g/mol. The maximum absolute atomic E-state index is 6.01. The minimum absolute atomic E-state index is 0.240. The van der Waals surface area contributed by atoms with Gasteiger partial charge in [-0.2, -0.15) is 0 Å². The Hall–Kier alpha value is -0.840. The zero-order chi connectivity index (χ0) is 13.8. The van der Waals surface area contributed by atoms with Gasteiger partial charge in [-0.25, -0.2) is 0 Å². The Morgan fingerprint density at radius 2 is 1.89 bits per heavy atom. The van der Waals surface area contributed by atoms with E-state index >= 15 is 0 Å². The Morgan fingerprint density at radius 1 is 1.21 bits per heavy atom.